The monoisotopic (exact) mass is 472 g/mol. The maximum Gasteiger partial charge on any atom is 0.264 e. The third-order valence-corrected chi connectivity index (χ3v) is 7.08. The fourth-order valence-electron chi connectivity index (χ4n) is 3.20. The number of nitrogens with zero attached hydrogens (tertiary/aromatic N) is 1. The Morgan fingerprint density at radius 2 is 1.72 bits per heavy atom. The molecule has 3 aromatic rings. The molecule has 0 aromatic heterocycles. The van der Waals surface area contributed by atoms with Crippen molar-refractivity contribution in [2.45, 2.75) is 24.8 Å². The number of rotatable bonds is 8. The fourth-order valence-corrected chi connectivity index (χ4v) is 4.89. The molecule has 0 radical (unpaired) electrons. The van der Waals surface area contributed by atoms with Gasteiger partial charge in [-0.2, -0.15) is 0 Å². The van der Waals surface area contributed by atoms with E-state index >= 15 is 0 Å². The lowest BCUT2D eigenvalue weighted by molar-refractivity contribution is -0.120. The van der Waals surface area contributed by atoms with Crippen molar-refractivity contribution in [3.05, 3.63) is 88.9 Å². The van der Waals surface area contributed by atoms with E-state index in [0.717, 1.165) is 15.4 Å². The highest BCUT2D eigenvalue weighted by Gasteiger charge is 2.28. The number of anilines is 1. The zero-order valence-corrected chi connectivity index (χ0v) is 19.7. The summed E-state index contributed by atoms with van der Waals surface area (Å²) in [4.78, 5) is 13.0. The van der Waals surface area contributed by atoms with Crippen molar-refractivity contribution in [2.75, 3.05) is 18.0 Å². The van der Waals surface area contributed by atoms with Crippen molar-refractivity contribution in [1.82, 2.24) is 5.32 Å². The molecular formula is C24H25ClN2O4S. The summed E-state index contributed by atoms with van der Waals surface area (Å²) in [6.45, 7) is 3.43. The van der Waals surface area contributed by atoms with E-state index in [2.05, 4.69) is 5.32 Å². The van der Waals surface area contributed by atoms with Gasteiger partial charge in [-0.15, -0.1) is 0 Å². The number of hydrogen-bond acceptors (Lipinski definition) is 4. The van der Waals surface area contributed by atoms with Gasteiger partial charge in [0.1, 0.15) is 12.3 Å². The number of aryl methyl sites for hydroxylation is 1. The Balaban J connectivity index is 1.91. The lowest BCUT2D eigenvalue weighted by Gasteiger charge is -2.25. The van der Waals surface area contributed by atoms with Crippen LogP contribution in [-0.4, -0.2) is 28.0 Å². The number of nitrogens with one attached hydrogen (secondary N) is 1. The molecule has 32 heavy (non-hydrogen) atoms. The molecule has 1 atom stereocenters. The van der Waals surface area contributed by atoms with Gasteiger partial charge in [0.2, 0.25) is 5.91 Å². The second kappa shape index (κ2) is 10.1. The van der Waals surface area contributed by atoms with Gasteiger partial charge < -0.3 is 10.1 Å². The molecule has 8 heteroatoms. The van der Waals surface area contributed by atoms with Crippen LogP contribution >= 0.6 is 11.6 Å². The lowest BCUT2D eigenvalue weighted by Crippen LogP contribution is -2.41. The number of sulfonamides is 1. The largest absolute Gasteiger partial charge is 0.495 e. The van der Waals surface area contributed by atoms with Crippen molar-refractivity contribution in [1.29, 1.82) is 0 Å². The van der Waals surface area contributed by atoms with Crippen molar-refractivity contribution < 1.29 is 17.9 Å². The minimum atomic E-state index is -4.02. The Kier molecular flexibility index (Phi) is 7.43. The number of methoxy groups -OCH3 is 1. The van der Waals surface area contributed by atoms with Gasteiger partial charge in [-0.05, 0) is 49.7 Å². The van der Waals surface area contributed by atoms with Crippen LogP contribution in [0.5, 0.6) is 5.75 Å². The molecule has 0 bridgehead atoms. The molecule has 0 saturated carbocycles. The van der Waals surface area contributed by atoms with Crippen LogP contribution < -0.4 is 14.4 Å². The molecule has 1 unspecified atom stereocenters. The first kappa shape index (κ1) is 23.6. The van der Waals surface area contributed by atoms with Crippen molar-refractivity contribution in [2.24, 2.45) is 0 Å². The smallest absolute Gasteiger partial charge is 0.264 e. The summed E-state index contributed by atoms with van der Waals surface area (Å²) in [5.74, 6) is -0.0329. The number of benzene rings is 3. The number of hydrogen-bond donors (Lipinski definition) is 1. The molecule has 0 aliphatic carbocycles. The van der Waals surface area contributed by atoms with Crippen molar-refractivity contribution >= 4 is 33.2 Å². The Morgan fingerprint density at radius 3 is 2.31 bits per heavy atom. The zero-order valence-electron chi connectivity index (χ0n) is 18.1. The van der Waals surface area contributed by atoms with Crippen LogP contribution in [0.1, 0.15) is 24.1 Å². The van der Waals surface area contributed by atoms with Gasteiger partial charge in [-0.25, -0.2) is 8.42 Å². The third-order valence-electron chi connectivity index (χ3n) is 5.00. The number of halogens is 1. The third kappa shape index (κ3) is 5.41. The molecule has 1 amide bonds. The van der Waals surface area contributed by atoms with Crippen molar-refractivity contribution in [3.63, 3.8) is 0 Å². The zero-order chi connectivity index (χ0) is 23.3. The summed E-state index contributed by atoms with van der Waals surface area (Å²) in [5, 5.41) is 3.12. The molecule has 0 spiro atoms. The van der Waals surface area contributed by atoms with E-state index in [9.17, 15) is 13.2 Å². The molecule has 3 rings (SSSR count). The van der Waals surface area contributed by atoms with E-state index < -0.39 is 22.5 Å². The van der Waals surface area contributed by atoms with E-state index in [1.165, 1.54) is 25.3 Å². The van der Waals surface area contributed by atoms with E-state index in [1.807, 2.05) is 38.1 Å². The molecule has 168 valence electrons. The SMILES string of the molecule is COc1ccc(N(CC(=O)NC(C)c2ccc(C)cc2)S(=O)(=O)c2ccccc2)cc1Cl. The maximum absolute atomic E-state index is 13.4. The molecule has 6 nitrogen and oxygen atoms in total. The standard InChI is InChI=1S/C24H25ClN2O4S/c1-17-9-11-19(12-10-17)18(2)26-24(28)16-27(20-13-14-23(31-3)22(25)15-20)32(29,30)21-7-5-4-6-8-21/h4-15,18H,16H2,1-3H3,(H,26,28). The maximum atomic E-state index is 13.4. The normalized spacial score (nSPS) is 12.1. The lowest BCUT2D eigenvalue weighted by atomic mass is 10.1. The fraction of sp³-hybridized carbons (Fsp3) is 0.208. The van der Waals surface area contributed by atoms with Crippen LogP contribution in [0.4, 0.5) is 5.69 Å². The van der Waals surface area contributed by atoms with Crippen LogP contribution in [0.2, 0.25) is 5.02 Å². The second-order valence-electron chi connectivity index (χ2n) is 7.34. The van der Waals surface area contributed by atoms with Gasteiger partial charge in [-0.3, -0.25) is 9.10 Å². The van der Waals surface area contributed by atoms with E-state index in [4.69, 9.17) is 16.3 Å². The molecule has 0 aliphatic rings. The second-order valence-corrected chi connectivity index (χ2v) is 9.61. The summed E-state index contributed by atoms with van der Waals surface area (Å²) in [6, 6.07) is 20.1. The van der Waals surface area contributed by atoms with Gasteiger partial charge in [0, 0.05) is 0 Å². The van der Waals surface area contributed by atoms with E-state index in [1.54, 1.807) is 30.3 Å². The summed E-state index contributed by atoms with van der Waals surface area (Å²) in [6.07, 6.45) is 0. The molecular weight excluding hydrogens is 448 g/mol. The Morgan fingerprint density at radius 1 is 1.06 bits per heavy atom. The van der Waals surface area contributed by atoms with Crippen LogP contribution in [0, 0.1) is 6.92 Å². The Labute approximate surface area is 193 Å². The molecule has 1 N–H and O–H groups in total. The minimum absolute atomic E-state index is 0.0753. The van der Waals surface area contributed by atoms with E-state index in [0.29, 0.717) is 5.75 Å². The predicted molar refractivity (Wildman–Crippen MR) is 127 cm³/mol. The summed E-state index contributed by atoms with van der Waals surface area (Å²) in [5.41, 5.74) is 2.30. The van der Waals surface area contributed by atoms with Gasteiger partial charge >= 0.3 is 0 Å². The van der Waals surface area contributed by atoms with Crippen LogP contribution in [0.3, 0.4) is 0 Å². The highest BCUT2D eigenvalue weighted by Crippen LogP contribution is 2.32. The van der Waals surface area contributed by atoms with Crippen molar-refractivity contribution in [3.8, 4) is 5.75 Å². The first-order valence-corrected chi connectivity index (χ1v) is 11.8. The summed E-state index contributed by atoms with van der Waals surface area (Å²) >= 11 is 6.24. The average molecular weight is 473 g/mol. The van der Waals surface area contributed by atoms with E-state index in [-0.39, 0.29) is 21.6 Å². The molecule has 0 aliphatic heterocycles. The average Bonchev–Trinajstić information content (AvgIpc) is 2.78. The first-order chi connectivity index (χ1) is 15.2. The van der Waals surface area contributed by atoms with Crippen LogP contribution in [0.25, 0.3) is 0 Å². The number of amides is 1. The quantitative estimate of drug-likeness (QED) is 0.514. The molecule has 0 heterocycles. The highest BCUT2D eigenvalue weighted by molar-refractivity contribution is 7.92. The van der Waals surface area contributed by atoms with Gasteiger partial charge in [-0.1, -0.05) is 59.6 Å². The van der Waals surface area contributed by atoms with Crippen LogP contribution in [-0.2, 0) is 14.8 Å². The topological polar surface area (TPSA) is 75.7 Å². The summed E-state index contributed by atoms with van der Waals surface area (Å²) in [7, 11) is -2.55. The number of ether oxygens (including phenoxy) is 1. The van der Waals surface area contributed by atoms with Gasteiger partial charge in [0.25, 0.3) is 10.0 Å². The number of carbonyl (C=O) groups is 1. The van der Waals surface area contributed by atoms with Gasteiger partial charge in [0.15, 0.2) is 0 Å². The highest BCUT2D eigenvalue weighted by atomic mass is 35.5. The predicted octanol–water partition coefficient (Wildman–Crippen LogP) is 4.73. The number of carbonyl (C=O) groups excluding carboxylic acids is 1. The molecule has 3 aromatic carbocycles. The Hall–Kier alpha value is -3.03. The first-order valence-electron chi connectivity index (χ1n) is 9.99. The Bertz CT molecular complexity index is 1180. The molecule has 0 fully saturated rings. The summed E-state index contributed by atoms with van der Waals surface area (Å²) < 4.78 is 33.0. The van der Waals surface area contributed by atoms with Crippen LogP contribution in [0.15, 0.2) is 77.7 Å². The van der Waals surface area contributed by atoms with Gasteiger partial charge in [0.05, 0.1) is 28.8 Å². The minimum Gasteiger partial charge on any atom is -0.495 e. The molecule has 0 saturated heterocycles.